The summed E-state index contributed by atoms with van der Waals surface area (Å²) >= 11 is 12.5. The van der Waals surface area contributed by atoms with Gasteiger partial charge in [-0.1, -0.05) is 83.4 Å². The Labute approximate surface area is 243 Å². The molecule has 0 saturated carbocycles. The predicted molar refractivity (Wildman–Crippen MR) is 160 cm³/mol. The summed E-state index contributed by atoms with van der Waals surface area (Å²) in [6.45, 7) is 1.63. The van der Waals surface area contributed by atoms with Gasteiger partial charge >= 0.3 is 0 Å². The lowest BCUT2D eigenvalue weighted by molar-refractivity contribution is -0.114. The number of benzene rings is 4. The second-order valence-corrected chi connectivity index (χ2v) is 11.7. The Morgan fingerprint density at radius 2 is 1.52 bits per heavy atom. The minimum absolute atomic E-state index is 0.0138. The van der Waals surface area contributed by atoms with E-state index < -0.39 is 22.5 Å². The van der Waals surface area contributed by atoms with Gasteiger partial charge in [0.25, 0.3) is 15.9 Å². The minimum Gasteiger partial charge on any atom is -0.352 e. The Kier molecular flexibility index (Phi) is 9.47. The van der Waals surface area contributed by atoms with E-state index in [2.05, 4.69) is 10.6 Å². The molecule has 0 heterocycles. The number of aryl methyl sites for hydroxylation is 1. The fourth-order valence-electron chi connectivity index (χ4n) is 3.98. The minimum atomic E-state index is -4.21. The van der Waals surface area contributed by atoms with Gasteiger partial charge in [-0.25, -0.2) is 8.42 Å². The molecule has 4 aromatic carbocycles. The van der Waals surface area contributed by atoms with E-state index in [0.29, 0.717) is 13.0 Å². The van der Waals surface area contributed by atoms with Crippen LogP contribution in [0.25, 0.3) is 0 Å². The van der Waals surface area contributed by atoms with Crippen molar-refractivity contribution in [2.75, 3.05) is 22.7 Å². The third kappa shape index (κ3) is 7.21. The molecule has 0 radical (unpaired) electrons. The number of nitrogens with zero attached hydrogens (tertiary/aromatic N) is 1. The van der Waals surface area contributed by atoms with Crippen LogP contribution in [0.1, 0.15) is 21.5 Å². The smallest absolute Gasteiger partial charge is 0.264 e. The van der Waals surface area contributed by atoms with Gasteiger partial charge in [0.1, 0.15) is 6.54 Å². The van der Waals surface area contributed by atoms with Crippen LogP contribution < -0.4 is 14.9 Å². The van der Waals surface area contributed by atoms with Gasteiger partial charge in [0.05, 0.1) is 26.9 Å². The zero-order valence-electron chi connectivity index (χ0n) is 21.6. The number of nitrogens with one attached hydrogen (secondary N) is 2. The molecule has 4 aromatic rings. The molecular weight excluding hydrogens is 569 g/mol. The highest BCUT2D eigenvalue weighted by Gasteiger charge is 2.29. The van der Waals surface area contributed by atoms with E-state index >= 15 is 0 Å². The van der Waals surface area contributed by atoms with Crippen LogP contribution in [-0.2, 0) is 21.2 Å². The molecule has 0 fully saturated rings. The van der Waals surface area contributed by atoms with Crippen molar-refractivity contribution < 1.29 is 18.0 Å². The molecule has 0 atom stereocenters. The average Bonchev–Trinajstić information content (AvgIpc) is 2.94. The first-order chi connectivity index (χ1) is 19.1. The highest BCUT2D eigenvalue weighted by atomic mass is 35.5. The molecule has 0 aliphatic heterocycles. The topological polar surface area (TPSA) is 95.6 Å². The molecular formula is C30H27Cl2N3O4S. The van der Waals surface area contributed by atoms with Gasteiger partial charge in [-0.3, -0.25) is 13.9 Å². The van der Waals surface area contributed by atoms with Crippen LogP contribution in [0.2, 0.25) is 10.0 Å². The zero-order chi connectivity index (χ0) is 28.7. The summed E-state index contributed by atoms with van der Waals surface area (Å²) in [7, 11) is -4.21. The number of amides is 2. The normalized spacial score (nSPS) is 11.1. The molecule has 0 bridgehead atoms. The Balaban J connectivity index is 1.55. The monoisotopic (exact) mass is 595 g/mol. The summed E-state index contributed by atoms with van der Waals surface area (Å²) in [6.07, 6.45) is 0.646. The van der Waals surface area contributed by atoms with Crippen molar-refractivity contribution in [3.63, 3.8) is 0 Å². The molecule has 0 unspecified atom stereocenters. The number of sulfonamides is 1. The Hall–Kier alpha value is -3.85. The third-order valence-corrected chi connectivity index (χ3v) is 8.39. The van der Waals surface area contributed by atoms with Gasteiger partial charge < -0.3 is 10.6 Å². The van der Waals surface area contributed by atoms with E-state index in [4.69, 9.17) is 23.2 Å². The van der Waals surface area contributed by atoms with Crippen LogP contribution in [0.15, 0.2) is 102 Å². The van der Waals surface area contributed by atoms with Gasteiger partial charge in [0, 0.05) is 11.6 Å². The number of hydrogen-bond acceptors (Lipinski definition) is 4. The van der Waals surface area contributed by atoms with Crippen LogP contribution in [0.5, 0.6) is 0 Å². The van der Waals surface area contributed by atoms with Gasteiger partial charge in [0.2, 0.25) is 5.91 Å². The van der Waals surface area contributed by atoms with Crippen molar-refractivity contribution in [2.45, 2.75) is 18.2 Å². The van der Waals surface area contributed by atoms with E-state index in [1.165, 1.54) is 30.3 Å². The quantitative estimate of drug-likeness (QED) is 0.231. The van der Waals surface area contributed by atoms with Crippen LogP contribution in [0.3, 0.4) is 0 Å². The summed E-state index contributed by atoms with van der Waals surface area (Å²) in [5.41, 5.74) is 2.51. The maximum atomic E-state index is 13.7. The molecule has 0 saturated heterocycles. The number of halogens is 2. The number of para-hydroxylation sites is 1. The van der Waals surface area contributed by atoms with E-state index in [1.54, 1.807) is 36.4 Å². The van der Waals surface area contributed by atoms with Gasteiger partial charge in [-0.15, -0.1) is 0 Å². The Bertz CT molecular complexity index is 1610. The first-order valence-corrected chi connectivity index (χ1v) is 14.6. The average molecular weight is 597 g/mol. The lowest BCUT2D eigenvalue weighted by Gasteiger charge is -2.25. The molecule has 40 heavy (non-hydrogen) atoms. The fraction of sp³-hybridized carbons (Fsp3) is 0.133. The maximum Gasteiger partial charge on any atom is 0.264 e. The first kappa shape index (κ1) is 29.1. The molecule has 0 aliphatic carbocycles. The van der Waals surface area contributed by atoms with Crippen LogP contribution in [0, 0.1) is 6.92 Å². The van der Waals surface area contributed by atoms with E-state index in [-0.39, 0.29) is 37.8 Å². The predicted octanol–water partition coefficient (Wildman–Crippen LogP) is 6.11. The molecule has 0 aromatic heterocycles. The van der Waals surface area contributed by atoms with Crippen molar-refractivity contribution in [3.8, 4) is 0 Å². The highest BCUT2D eigenvalue weighted by Crippen LogP contribution is 2.33. The van der Waals surface area contributed by atoms with Crippen molar-refractivity contribution in [2.24, 2.45) is 0 Å². The van der Waals surface area contributed by atoms with Crippen LogP contribution >= 0.6 is 23.2 Å². The van der Waals surface area contributed by atoms with Gasteiger partial charge in [-0.2, -0.15) is 0 Å². The highest BCUT2D eigenvalue weighted by molar-refractivity contribution is 7.92. The zero-order valence-corrected chi connectivity index (χ0v) is 23.9. The van der Waals surface area contributed by atoms with Crippen molar-refractivity contribution >= 4 is 56.4 Å². The van der Waals surface area contributed by atoms with Crippen molar-refractivity contribution in [3.05, 3.63) is 124 Å². The van der Waals surface area contributed by atoms with Crippen molar-refractivity contribution in [1.82, 2.24) is 5.32 Å². The SMILES string of the molecule is Cc1ccc(S(=O)(=O)N(CC(=O)Nc2ccccc2C(=O)NCCc2ccccc2)c2cc(Cl)ccc2Cl)cc1. The number of hydrogen-bond donors (Lipinski definition) is 2. The summed E-state index contributed by atoms with van der Waals surface area (Å²) in [5, 5.41) is 5.90. The molecule has 2 N–H and O–H groups in total. The van der Waals surface area contributed by atoms with Gasteiger partial charge in [-0.05, 0) is 61.4 Å². The lowest BCUT2D eigenvalue weighted by atomic mass is 10.1. The fourth-order valence-corrected chi connectivity index (χ4v) is 5.85. The second-order valence-electron chi connectivity index (χ2n) is 9.01. The molecule has 7 nitrogen and oxygen atoms in total. The summed E-state index contributed by atoms with van der Waals surface area (Å²) < 4.78 is 28.3. The molecule has 10 heteroatoms. The summed E-state index contributed by atoms with van der Waals surface area (Å²) in [5.74, 6) is -1.04. The summed E-state index contributed by atoms with van der Waals surface area (Å²) in [4.78, 5) is 26.2. The number of rotatable bonds is 10. The van der Waals surface area contributed by atoms with Crippen LogP contribution in [0.4, 0.5) is 11.4 Å². The number of carbonyl (C=O) groups excluding carboxylic acids is 2. The van der Waals surface area contributed by atoms with Crippen molar-refractivity contribution in [1.29, 1.82) is 0 Å². The summed E-state index contributed by atoms with van der Waals surface area (Å²) in [6, 6.07) is 26.9. The maximum absolute atomic E-state index is 13.7. The molecule has 0 spiro atoms. The van der Waals surface area contributed by atoms with Gasteiger partial charge in [0.15, 0.2) is 0 Å². The molecule has 4 rings (SSSR count). The lowest BCUT2D eigenvalue weighted by Crippen LogP contribution is -2.38. The second kappa shape index (κ2) is 13.0. The standard InChI is InChI=1S/C30H27Cl2N3O4S/c1-21-11-14-24(15-12-21)40(38,39)35(28-19-23(31)13-16-26(28)32)20-29(36)34-27-10-6-5-9-25(27)30(37)33-18-17-22-7-3-2-4-8-22/h2-16,19H,17-18,20H2,1H3,(H,33,37)(H,34,36). The molecule has 0 aliphatic rings. The van der Waals surface area contributed by atoms with E-state index in [0.717, 1.165) is 15.4 Å². The first-order valence-electron chi connectivity index (χ1n) is 12.4. The molecule has 2 amide bonds. The van der Waals surface area contributed by atoms with E-state index in [1.807, 2.05) is 37.3 Å². The Morgan fingerprint density at radius 1 is 0.850 bits per heavy atom. The largest absolute Gasteiger partial charge is 0.352 e. The van der Waals surface area contributed by atoms with E-state index in [9.17, 15) is 18.0 Å². The number of carbonyl (C=O) groups is 2. The third-order valence-electron chi connectivity index (χ3n) is 6.06. The Morgan fingerprint density at radius 3 is 2.25 bits per heavy atom. The number of anilines is 2. The molecule has 206 valence electrons. The van der Waals surface area contributed by atoms with Crippen LogP contribution in [-0.4, -0.2) is 33.3 Å².